The average molecular weight is 659 g/mol. The van der Waals surface area contributed by atoms with Gasteiger partial charge < -0.3 is 69.7 Å². The van der Waals surface area contributed by atoms with Crippen molar-refractivity contribution in [2.45, 2.75) is 0 Å². The number of nitrogens with zero attached hydrogens (tertiary/aromatic N) is 2. The smallest absolute Gasteiger partial charge is 0.810 e. The summed E-state index contributed by atoms with van der Waals surface area (Å²) in [5.74, 6) is 0. The van der Waals surface area contributed by atoms with E-state index < -0.39 is 68.6 Å². The molecule has 170 valence electrons. The standard InChI is InChI=1S/C6H20N2O12P4.2H3N.Pt/c9-21(10,11)3-7(4-22(12,13)14)1-2-8(5-23(15,16)17)6-24(18,19)20;;;/h1-6H2,(H2,9,10,11)(H2,12,13,14)(H2,15,16,17)(H2,18,19,20);2*1H3;/q;;;+2/p-6. The third kappa shape index (κ3) is 25.1. The molecule has 0 heterocycles. The minimum atomic E-state index is -5.27. The Morgan fingerprint density at radius 1 is 0.667 bits per heavy atom. The van der Waals surface area contributed by atoms with E-state index >= 15 is 0 Å². The van der Waals surface area contributed by atoms with Gasteiger partial charge in [0.15, 0.2) is 0 Å². The minimum absolute atomic E-state index is 0. The maximum absolute atomic E-state index is 10.9. The first-order chi connectivity index (χ1) is 10.4. The third-order valence-electron chi connectivity index (χ3n) is 2.24. The van der Waals surface area contributed by atoms with Gasteiger partial charge in [0.05, 0.1) is 0 Å². The molecular weight excluding hydrogens is 639 g/mol. The predicted molar refractivity (Wildman–Crippen MR) is 76.8 cm³/mol. The number of rotatable bonds is 11. The fourth-order valence-corrected chi connectivity index (χ4v) is 4.92. The topological polar surface area (TPSA) is 331 Å². The van der Waals surface area contributed by atoms with Crippen molar-refractivity contribution in [3.8, 4) is 0 Å². The molecule has 0 amide bonds. The summed E-state index contributed by atoms with van der Waals surface area (Å²) in [4.78, 5) is 84.6. The Bertz CT molecular complexity index is 499. The summed E-state index contributed by atoms with van der Waals surface area (Å²) < 4.78 is 40.9. The molecule has 0 bridgehead atoms. The first-order valence-electron chi connectivity index (χ1n) is 5.89. The van der Waals surface area contributed by atoms with E-state index in [0.29, 0.717) is 9.80 Å². The van der Waals surface area contributed by atoms with E-state index in [9.17, 15) is 47.9 Å². The van der Waals surface area contributed by atoms with Gasteiger partial charge in [0, 0.05) is 31.9 Å². The Kier molecular flexibility index (Phi) is 17.7. The van der Waals surface area contributed by atoms with Crippen molar-refractivity contribution in [3.05, 3.63) is 0 Å². The molecule has 0 saturated heterocycles. The molecule has 0 saturated carbocycles. The fourth-order valence-electron chi connectivity index (χ4n) is 1.65. The zero-order chi connectivity index (χ0) is 19.4. The van der Waals surface area contributed by atoms with Crippen LogP contribution in [0.3, 0.4) is 0 Å². The summed E-state index contributed by atoms with van der Waals surface area (Å²) in [6.07, 6.45) is -5.27. The Balaban J connectivity index is -0.000000882. The Labute approximate surface area is 169 Å². The van der Waals surface area contributed by atoms with Gasteiger partial charge in [-0.2, -0.15) is 0 Å². The normalized spacial score (nSPS) is 14.7. The molecule has 16 nitrogen and oxygen atoms in total. The van der Waals surface area contributed by atoms with E-state index in [2.05, 4.69) is 0 Å². The van der Waals surface area contributed by atoms with Crippen LogP contribution in [0.25, 0.3) is 0 Å². The van der Waals surface area contributed by atoms with Crippen LogP contribution in [0.4, 0.5) is 0 Å². The molecule has 0 aliphatic rings. The first-order valence-corrected chi connectivity index (χ1v) is 12.9. The Hall–Kier alpha value is 1.13. The van der Waals surface area contributed by atoms with Crippen LogP contribution in [0.2, 0.25) is 0 Å². The van der Waals surface area contributed by atoms with Crippen molar-refractivity contribution in [2.24, 2.45) is 0 Å². The molecule has 0 aromatic heterocycles. The Morgan fingerprint density at radius 2 is 0.889 bits per heavy atom. The van der Waals surface area contributed by atoms with E-state index in [1.54, 1.807) is 0 Å². The average Bonchev–Trinajstić information content (AvgIpc) is 2.16. The first kappa shape index (κ1) is 35.6. The SMILES string of the molecule is N.N.O=P([O-])([O-])CN(CCN(CP(=O)([O-])[O-])CP([O-])(O)=[OH+])CP(=O)([O-])[O-].[Pt+2]. The summed E-state index contributed by atoms with van der Waals surface area (Å²) in [6, 6.07) is 0. The molecule has 0 aromatic carbocycles. The molecule has 0 rings (SSSR count). The van der Waals surface area contributed by atoms with Crippen LogP contribution in [0.15, 0.2) is 0 Å². The minimum Gasteiger partial charge on any atom is -0.810 e. The zero-order valence-corrected chi connectivity index (χ0v) is 19.5. The summed E-state index contributed by atoms with van der Waals surface area (Å²) in [5.41, 5.74) is 0. The van der Waals surface area contributed by atoms with Gasteiger partial charge in [-0.15, -0.1) is 0 Å². The van der Waals surface area contributed by atoms with Crippen molar-refractivity contribution < 1.29 is 78.5 Å². The second kappa shape index (κ2) is 13.4. The van der Waals surface area contributed by atoms with E-state index in [0.717, 1.165) is 0 Å². The van der Waals surface area contributed by atoms with Crippen molar-refractivity contribution in [1.29, 1.82) is 0 Å². The molecule has 0 aliphatic carbocycles. The molecule has 0 aromatic rings. The van der Waals surface area contributed by atoms with E-state index in [1.807, 2.05) is 0 Å². The van der Waals surface area contributed by atoms with Crippen molar-refractivity contribution >= 4 is 30.4 Å². The van der Waals surface area contributed by atoms with Gasteiger partial charge >= 0.3 is 28.7 Å². The molecule has 0 spiro atoms. The van der Waals surface area contributed by atoms with Crippen LogP contribution >= 0.6 is 30.4 Å². The van der Waals surface area contributed by atoms with Crippen LogP contribution in [0.1, 0.15) is 0 Å². The molecular formula is C6H20N4O12P4Pt-4. The van der Waals surface area contributed by atoms with Crippen LogP contribution in [0, 0.1) is 0 Å². The van der Waals surface area contributed by atoms with E-state index in [4.69, 9.17) is 9.46 Å². The third-order valence-corrected chi connectivity index (χ3v) is 5.24. The zero-order valence-electron chi connectivity index (χ0n) is 13.6. The molecule has 8 N–H and O–H groups in total. The van der Waals surface area contributed by atoms with E-state index in [1.165, 1.54) is 0 Å². The number of hydrogen-bond acceptors (Lipinski definition) is 14. The van der Waals surface area contributed by atoms with Gasteiger partial charge in [0.1, 0.15) is 6.29 Å². The predicted octanol–water partition coefficient (Wildman–Crippen LogP) is -6.03. The largest absolute Gasteiger partial charge is 2.00 e. The van der Waals surface area contributed by atoms with Gasteiger partial charge in [-0.25, -0.2) is 0 Å². The van der Waals surface area contributed by atoms with Gasteiger partial charge in [-0.1, -0.05) is 22.8 Å². The van der Waals surface area contributed by atoms with Gasteiger partial charge in [-0.05, 0) is 0 Å². The Morgan fingerprint density at radius 3 is 1.07 bits per heavy atom. The quantitative estimate of drug-likeness (QED) is 0.137. The summed E-state index contributed by atoms with van der Waals surface area (Å²) >= 11 is 0. The van der Waals surface area contributed by atoms with Crippen LogP contribution in [-0.2, 0) is 34.8 Å². The molecule has 1 unspecified atom stereocenters. The van der Waals surface area contributed by atoms with E-state index in [-0.39, 0.29) is 33.4 Å². The maximum atomic E-state index is 10.9. The van der Waals surface area contributed by atoms with Gasteiger partial charge in [0.2, 0.25) is 0 Å². The summed E-state index contributed by atoms with van der Waals surface area (Å²) in [5, 5.41) is 0. The molecule has 27 heavy (non-hydrogen) atoms. The fraction of sp³-hybridized carbons (Fsp3) is 1.00. The van der Waals surface area contributed by atoms with Crippen molar-refractivity contribution in [1.82, 2.24) is 22.1 Å². The number of hydrogen-bond donors (Lipinski definition) is 3. The van der Waals surface area contributed by atoms with Gasteiger partial charge in [-0.3, -0.25) is 9.80 Å². The summed E-state index contributed by atoms with van der Waals surface area (Å²) in [6.45, 7) is -1.41. The van der Waals surface area contributed by atoms with Crippen LogP contribution < -0.4 is 46.6 Å². The maximum Gasteiger partial charge on any atom is 2.00 e. The van der Waals surface area contributed by atoms with Crippen LogP contribution in [-0.4, -0.2) is 57.5 Å². The molecule has 0 radical (unpaired) electrons. The molecule has 0 aliphatic heterocycles. The summed E-state index contributed by atoms with van der Waals surface area (Å²) in [7, 11) is -20.6. The van der Waals surface area contributed by atoms with Crippen molar-refractivity contribution in [3.63, 3.8) is 0 Å². The van der Waals surface area contributed by atoms with Gasteiger partial charge in [0.25, 0.3) is 0 Å². The van der Waals surface area contributed by atoms with Crippen LogP contribution in [0.5, 0.6) is 0 Å². The van der Waals surface area contributed by atoms with Crippen molar-refractivity contribution in [2.75, 3.05) is 38.2 Å². The molecule has 21 heteroatoms. The molecule has 1 atom stereocenters. The molecule has 0 fully saturated rings. The monoisotopic (exact) mass is 659 g/mol. The second-order valence-corrected chi connectivity index (χ2v) is 11.0. The second-order valence-electron chi connectivity index (χ2n) is 4.85.